The van der Waals surface area contributed by atoms with E-state index in [4.69, 9.17) is 21.1 Å². The zero-order valence-corrected chi connectivity index (χ0v) is 12.6. The summed E-state index contributed by atoms with van der Waals surface area (Å²) in [5.41, 5.74) is 0.0463. The lowest BCUT2D eigenvalue weighted by atomic mass is 9.64. The van der Waals surface area contributed by atoms with Gasteiger partial charge in [0.2, 0.25) is 0 Å². The monoisotopic (exact) mass is 311 g/mol. The first-order valence-corrected chi connectivity index (χ1v) is 7.63. The second-order valence-corrected chi connectivity index (χ2v) is 6.37. The number of ether oxygens (including phenoxy) is 2. The summed E-state index contributed by atoms with van der Waals surface area (Å²) in [6.45, 7) is 0. The molecule has 21 heavy (non-hydrogen) atoms. The maximum atomic E-state index is 10.9. The fourth-order valence-corrected chi connectivity index (χ4v) is 4.08. The van der Waals surface area contributed by atoms with Gasteiger partial charge in [0.05, 0.1) is 18.1 Å². The summed E-state index contributed by atoms with van der Waals surface area (Å²) in [7, 11) is 1.53. The van der Waals surface area contributed by atoms with Crippen molar-refractivity contribution in [2.45, 2.75) is 43.6 Å². The van der Waals surface area contributed by atoms with E-state index in [1.807, 2.05) is 0 Å². The van der Waals surface area contributed by atoms with Crippen molar-refractivity contribution in [2.75, 3.05) is 7.11 Å². The number of nitrogens with zero attached hydrogens (tertiary/aromatic N) is 1. The molecule has 0 N–H and O–H groups in total. The third-order valence-corrected chi connectivity index (χ3v) is 5.46. The number of hydrogen-bond acceptors (Lipinski definition) is 4. The molecule has 0 radical (unpaired) electrons. The Labute approximate surface area is 128 Å². The van der Waals surface area contributed by atoms with Crippen LogP contribution in [-0.4, -0.2) is 23.5 Å². The maximum absolute atomic E-state index is 10.9. The van der Waals surface area contributed by atoms with Crippen LogP contribution in [0.1, 0.15) is 32.1 Å². The van der Waals surface area contributed by atoms with Gasteiger partial charge in [-0.1, -0.05) is 12.8 Å². The van der Waals surface area contributed by atoms with Gasteiger partial charge in [-0.2, -0.15) is 0 Å². The number of non-ortho nitro benzene ring substituents is 1. The Bertz CT molecular complexity index is 557. The van der Waals surface area contributed by atoms with E-state index in [0.717, 1.165) is 19.3 Å². The molecule has 2 unspecified atom stereocenters. The average molecular weight is 312 g/mol. The van der Waals surface area contributed by atoms with Gasteiger partial charge in [-0.3, -0.25) is 10.1 Å². The van der Waals surface area contributed by atoms with Gasteiger partial charge in [0.25, 0.3) is 5.69 Å². The Morgan fingerprint density at radius 3 is 2.62 bits per heavy atom. The predicted molar refractivity (Wildman–Crippen MR) is 79.2 cm³/mol. The molecule has 2 saturated carbocycles. The molecule has 5 nitrogen and oxygen atoms in total. The van der Waals surface area contributed by atoms with E-state index in [0.29, 0.717) is 11.5 Å². The van der Waals surface area contributed by atoms with Crippen molar-refractivity contribution in [3.63, 3.8) is 0 Å². The van der Waals surface area contributed by atoms with Gasteiger partial charge < -0.3 is 9.47 Å². The number of hydrogen-bond donors (Lipinski definition) is 0. The SMILES string of the molecule is COc1ccc([N+](=O)[O-])cc1OC1CC(Cl)C12CCCC2. The van der Waals surface area contributed by atoms with E-state index in [-0.39, 0.29) is 22.6 Å². The molecule has 0 aromatic heterocycles. The van der Waals surface area contributed by atoms with Crippen molar-refractivity contribution >= 4 is 17.3 Å². The van der Waals surface area contributed by atoms with E-state index in [9.17, 15) is 10.1 Å². The molecular formula is C15H18ClNO4. The van der Waals surface area contributed by atoms with Crippen molar-refractivity contribution in [1.82, 2.24) is 0 Å². The fraction of sp³-hybridized carbons (Fsp3) is 0.600. The van der Waals surface area contributed by atoms with Crippen molar-refractivity contribution < 1.29 is 14.4 Å². The summed E-state index contributed by atoms with van der Waals surface area (Å²) in [4.78, 5) is 10.5. The van der Waals surface area contributed by atoms with E-state index >= 15 is 0 Å². The Kier molecular flexibility index (Phi) is 3.69. The topological polar surface area (TPSA) is 61.6 Å². The first-order chi connectivity index (χ1) is 10.1. The lowest BCUT2D eigenvalue weighted by Crippen LogP contribution is -2.55. The van der Waals surface area contributed by atoms with Gasteiger partial charge in [-0.05, 0) is 18.9 Å². The third-order valence-electron chi connectivity index (χ3n) is 4.85. The summed E-state index contributed by atoms with van der Waals surface area (Å²) in [6.07, 6.45) is 5.31. The highest BCUT2D eigenvalue weighted by molar-refractivity contribution is 6.21. The highest BCUT2D eigenvalue weighted by Crippen LogP contribution is 2.57. The van der Waals surface area contributed by atoms with Gasteiger partial charge in [-0.15, -0.1) is 11.6 Å². The number of halogens is 1. The van der Waals surface area contributed by atoms with Crippen LogP contribution in [0.5, 0.6) is 11.5 Å². The third kappa shape index (κ3) is 2.33. The molecule has 1 spiro atoms. The zero-order chi connectivity index (χ0) is 15.0. The molecule has 0 saturated heterocycles. The zero-order valence-electron chi connectivity index (χ0n) is 11.9. The molecule has 1 aromatic carbocycles. The van der Waals surface area contributed by atoms with Gasteiger partial charge in [0.15, 0.2) is 11.5 Å². The Balaban J connectivity index is 1.84. The summed E-state index contributed by atoms with van der Waals surface area (Å²) < 4.78 is 11.3. The van der Waals surface area contributed by atoms with Crippen molar-refractivity contribution in [2.24, 2.45) is 5.41 Å². The Hall–Kier alpha value is -1.49. The van der Waals surface area contributed by atoms with Gasteiger partial charge in [-0.25, -0.2) is 0 Å². The molecule has 2 atom stereocenters. The Morgan fingerprint density at radius 1 is 1.33 bits per heavy atom. The summed E-state index contributed by atoms with van der Waals surface area (Å²) in [5.74, 6) is 0.957. The second kappa shape index (κ2) is 5.37. The summed E-state index contributed by atoms with van der Waals surface area (Å²) in [6, 6.07) is 4.43. The molecule has 2 fully saturated rings. The molecular weight excluding hydrogens is 294 g/mol. The lowest BCUT2D eigenvalue weighted by Gasteiger charge is -2.50. The summed E-state index contributed by atoms with van der Waals surface area (Å²) >= 11 is 6.41. The molecule has 2 aliphatic rings. The summed E-state index contributed by atoms with van der Waals surface area (Å²) in [5, 5.41) is 11.1. The average Bonchev–Trinajstić information content (AvgIpc) is 2.99. The molecule has 2 aliphatic carbocycles. The molecule has 0 bridgehead atoms. The second-order valence-electron chi connectivity index (χ2n) is 5.84. The van der Waals surface area contributed by atoms with E-state index in [1.165, 1.54) is 32.1 Å². The van der Waals surface area contributed by atoms with Crippen molar-refractivity contribution in [3.8, 4) is 11.5 Å². The van der Waals surface area contributed by atoms with Gasteiger partial charge in [0, 0.05) is 23.3 Å². The normalized spacial score (nSPS) is 26.4. The first kappa shape index (κ1) is 14.4. The standard InChI is InChI=1S/C15H18ClNO4/c1-20-11-5-4-10(17(18)19)8-12(11)21-14-9-13(16)15(14)6-2-3-7-15/h4-5,8,13-14H,2-3,6-7,9H2,1H3. The minimum Gasteiger partial charge on any atom is -0.493 e. The maximum Gasteiger partial charge on any atom is 0.273 e. The molecule has 114 valence electrons. The molecule has 0 aliphatic heterocycles. The van der Waals surface area contributed by atoms with Crippen LogP contribution < -0.4 is 9.47 Å². The fourth-order valence-electron chi connectivity index (χ4n) is 3.56. The molecule has 6 heteroatoms. The minimum atomic E-state index is -0.428. The van der Waals surface area contributed by atoms with Crippen molar-refractivity contribution in [3.05, 3.63) is 28.3 Å². The van der Waals surface area contributed by atoms with Gasteiger partial charge >= 0.3 is 0 Å². The van der Waals surface area contributed by atoms with E-state index in [2.05, 4.69) is 0 Å². The smallest absolute Gasteiger partial charge is 0.273 e. The van der Waals surface area contributed by atoms with E-state index in [1.54, 1.807) is 6.07 Å². The van der Waals surface area contributed by atoms with Crippen LogP contribution in [-0.2, 0) is 0 Å². The van der Waals surface area contributed by atoms with Crippen LogP contribution >= 0.6 is 11.6 Å². The van der Waals surface area contributed by atoms with Gasteiger partial charge in [0.1, 0.15) is 6.10 Å². The molecule has 3 rings (SSSR count). The van der Waals surface area contributed by atoms with Crippen LogP contribution in [0.2, 0.25) is 0 Å². The molecule has 1 aromatic rings. The lowest BCUT2D eigenvalue weighted by molar-refractivity contribution is -0.385. The molecule has 0 amide bonds. The van der Waals surface area contributed by atoms with Crippen LogP contribution in [0.25, 0.3) is 0 Å². The first-order valence-electron chi connectivity index (χ1n) is 7.20. The number of rotatable bonds is 4. The highest BCUT2D eigenvalue weighted by Gasteiger charge is 2.57. The predicted octanol–water partition coefficient (Wildman–Crippen LogP) is 3.92. The number of methoxy groups -OCH3 is 1. The Morgan fingerprint density at radius 2 is 2.05 bits per heavy atom. The van der Waals surface area contributed by atoms with Crippen LogP contribution in [0.4, 0.5) is 5.69 Å². The van der Waals surface area contributed by atoms with Crippen LogP contribution in [0.3, 0.4) is 0 Å². The minimum absolute atomic E-state index is 0.00742. The largest absolute Gasteiger partial charge is 0.493 e. The molecule has 0 heterocycles. The number of alkyl halides is 1. The quantitative estimate of drug-likeness (QED) is 0.480. The highest BCUT2D eigenvalue weighted by atomic mass is 35.5. The number of nitro benzene ring substituents is 1. The van der Waals surface area contributed by atoms with Crippen molar-refractivity contribution in [1.29, 1.82) is 0 Å². The number of benzene rings is 1. The van der Waals surface area contributed by atoms with Crippen LogP contribution in [0.15, 0.2) is 18.2 Å². The van der Waals surface area contributed by atoms with Crippen LogP contribution in [0, 0.1) is 15.5 Å². The van der Waals surface area contributed by atoms with E-state index < -0.39 is 4.92 Å². The number of nitro groups is 1.